The van der Waals surface area contributed by atoms with Crippen LogP contribution in [-0.4, -0.2) is 17.8 Å². The van der Waals surface area contributed by atoms with Crippen LogP contribution in [0.2, 0.25) is 0 Å². The van der Waals surface area contributed by atoms with E-state index in [0.717, 1.165) is 0 Å². The maximum atomic E-state index is 2.37. The normalized spacial score (nSPS) is 40.5. The predicted molar refractivity (Wildman–Crippen MR) is 36.9 cm³/mol. The molecule has 0 saturated carbocycles. The van der Waals surface area contributed by atoms with Crippen molar-refractivity contribution in [1.29, 1.82) is 0 Å². The lowest BCUT2D eigenvalue weighted by Gasteiger charge is -1.98. The fraction of sp³-hybridized carbons (Fsp3) is 1.00. The fourth-order valence-corrected chi connectivity index (χ4v) is 4.20. The van der Waals surface area contributed by atoms with Crippen molar-refractivity contribution >= 4 is 20.7 Å². The predicted octanol–water partition coefficient (Wildman–Crippen LogP) is 1.67. The van der Waals surface area contributed by atoms with Gasteiger partial charge in [-0.3, -0.25) is 0 Å². The van der Waals surface area contributed by atoms with Gasteiger partial charge in [0.2, 0.25) is 0 Å². The minimum atomic E-state index is 0.452. The molecule has 0 radical (unpaired) electrons. The van der Waals surface area contributed by atoms with E-state index >= 15 is 0 Å². The molecule has 1 fully saturated rings. The van der Waals surface area contributed by atoms with Crippen LogP contribution in [0.1, 0.15) is 6.42 Å². The first-order valence-corrected chi connectivity index (χ1v) is 5.80. The molecule has 0 aromatic carbocycles. The van der Waals surface area contributed by atoms with E-state index in [0.29, 0.717) is 9.93 Å². The largest absolute Gasteiger partial charge is 0.208 e. The van der Waals surface area contributed by atoms with Gasteiger partial charge in [-0.15, -0.1) is 10.8 Å². The van der Waals surface area contributed by atoms with E-state index < -0.39 is 0 Å². The summed E-state index contributed by atoms with van der Waals surface area (Å²) in [7, 11) is 2.61. The summed E-state index contributed by atoms with van der Waals surface area (Å²) in [6.45, 7) is 0. The second-order valence-electron chi connectivity index (χ2n) is 1.54. The molecule has 0 spiro atoms. The van der Waals surface area contributed by atoms with Gasteiger partial charge in [-0.1, -0.05) is 0 Å². The molecule has 1 rings (SSSR count). The highest BCUT2D eigenvalue weighted by Gasteiger charge is 2.03. The fourth-order valence-electron chi connectivity index (χ4n) is 0.572. The number of thiol groups is 1. The summed E-state index contributed by atoms with van der Waals surface area (Å²) in [5, 5.41) is 0. The van der Waals surface area contributed by atoms with E-state index in [-0.39, 0.29) is 0 Å². The maximum absolute atomic E-state index is 2.37. The van der Waals surface area contributed by atoms with Crippen molar-refractivity contribution in [2.24, 2.45) is 0 Å². The lowest BCUT2D eigenvalue weighted by Crippen LogP contribution is -1.68. The summed E-state index contributed by atoms with van der Waals surface area (Å²) in [5.41, 5.74) is 0. The van der Waals surface area contributed by atoms with Crippen LogP contribution in [0, 0.1) is 0 Å². The van der Waals surface area contributed by atoms with E-state index in [4.69, 9.17) is 0 Å². The zero-order chi connectivity index (χ0) is 4.41. The summed E-state index contributed by atoms with van der Waals surface area (Å²) < 4.78 is 0. The molecule has 6 heavy (non-hydrogen) atoms. The average molecular weight is 122 g/mol. The molecule has 1 atom stereocenters. The van der Waals surface area contributed by atoms with E-state index in [1.807, 2.05) is 0 Å². The van der Waals surface area contributed by atoms with Crippen molar-refractivity contribution in [3.63, 3.8) is 0 Å². The van der Waals surface area contributed by atoms with Gasteiger partial charge in [0, 0.05) is 5.75 Å². The van der Waals surface area contributed by atoms with Crippen molar-refractivity contribution in [2.45, 2.75) is 6.42 Å². The van der Waals surface area contributed by atoms with Crippen LogP contribution in [0.3, 0.4) is 0 Å². The van der Waals surface area contributed by atoms with E-state index in [1.165, 1.54) is 17.9 Å². The second kappa shape index (κ2) is 2.12. The lowest BCUT2D eigenvalue weighted by atomic mass is 10.6. The third-order valence-corrected chi connectivity index (χ3v) is 5.20. The third-order valence-electron chi connectivity index (χ3n) is 0.929. The highest BCUT2D eigenvalue weighted by Crippen LogP contribution is 2.43. The number of rotatable bonds is 0. The molecule has 0 aliphatic carbocycles. The van der Waals surface area contributed by atoms with Gasteiger partial charge in [-0.05, 0) is 18.4 Å². The standard InChI is InChI=1S/C4H10S2/c1-6-4-2-3-5-6/h6H,2-4H2,1H3. The molecule has 1 unspecified atom stereocenters. The molecule has 2 heteroatoms. The molecule has 0 nitrogen and oxygen atoms in total. The first-order valence-electron chi connectivity index (χ1n) is 2.23. The molecule has 0 N–H and O–H groups in total. The van der Waals surface area contributed by atoms with Crippen molar-refractivity contribution < 1.29 is 0 Å². The molecular formula is C4H10S2. The minimum Gasteiger partial charge on any atom is -0.208 e. The summed E-state index contributed by atoms with van der Waals surface area (Å²) >= 11 is 0. The molecule has 1 saturated heterocycles. The number of hydrogen-bond donors (Lipinski definition) is 1. The molecule has 1 aliphatic heterocycles. The summed E-state index contributed by atoms with van der Waals surface area (Å²) in [6, 6.07) is 0. The van der Waals surface area contributed by atoms with Crippen LogP contribution in [0.5, 0.6) is 0 Å². The van der Waals surface area contributed by atoms with E-state index in [1.54, 1.807) is 0 Å². The summed E-state index contributed by atoms with van der Waals surface area (Å²) in [5.74, 6) is 2.95. The zero-order valence-corrected chi connectivity index (χ0v) is 5.69. The Bertz CT molecular complexity index is 38.8. The van der Waals surface area contributed by atoms with Gasteiger partial charge in [0.25, 0.3) is 0 Å². The van der Waals surface area contributed by atoms with Gasteiger partial charge in [0.1, 0.15) is 0 Å². The first kappa shape index (κ1) is 4.85. The Labute approximate surface area is 45.4 Å². The van der Waals surface area contributed by atoms with Crippen LogP contribution in [0.25, 0.3) is 0 Å². The highest BCUT2D eigenvalue weighted by atomic mass is 33.1. The zero-order valence-electron chi connectivity index (χ0n) is 3.98. The van der Waals surface area contributed by atoms with Gasteiger partial charge >= 0.3 is 0 Å². The van der Waals surface area contributed by atoms with Crippen molar-refractivity contribution in [2.75, 3.05) is 17.8 Å². The second-order valence-corrected chi connectivity index (χ2v) is 6.55. The maximum Gasteiger partial charge on any atom is 0.00272 e. The number of hydrogen-bond acceptors (Lipinski definition) is 1. The van der Waals surface area contributed by atoms with Crippen LogP contribution in [0.15, 0.2) is 0 Å². The van der Waals surface area contributed by atoms with Crippen LogP contribution in [-0.2, 0) is 0 Å². The van der Waals surface area contributed by atoms with Crippen LogP contribution in [0.4, 0.5) is 0 Å². The Morgan fingerprint density at radius 3 is 2.67 bits per heavy atom. The molecule has 0 bridgehead atoms. The van der Waals surface area contributed by atoms with E-state index in [9.17, 15) is 0 Å². The minimum absolute atomic E-state index is 0.452. The molecule has 0 amide bonds. The molecule has 0 aromatic rings. The smallest absolute Gasteiger partial charge is 0.00272 e. The topological polar surface area (TPSA) is 0 Å². The average Bonchev–Trinajstić information content (AvgIpc) is 1.86. The van der Waals surface area contributed by atoms with Gasteiger partial charge in [0.15, 0.2) is 0 Å². The van der Waals surface area contributed by atoms with Crippen molar-refractivity contribution in [3.05, 3.63) is 0 Å². The van der Waals surface area contributed by atoms with Crippen LogP contribution >= 0.6 is 20.7 Å². The molecular weight excluding hydrogens is 112 g/mol. The van der Waals surface area contributed by atoms with Gasteiger partial charge < -0.3 is 0 Å². The molecule has 38 valence electrons. The monoisotopic (exact) mass is 122 g/mol. The molecule has 0 aromatic heterocycles. The Morgan fingerprint density at radius 2 is 2.50 bits per heavy atom. The SMILES string of the molecule is C[SH]1CCCS1. The van der Waals surface area contributed by atoms with Crippen molar-refractivity contribution in [1.82, 2.24) is 0 Å². The Balaban J connectivity index is 2.18. The van der Waals surface area contributed by atoms with Crippen LogP contribution < -0.4 is 0 Å². The third kappa shape index (κ3) is 1.09. The first-order chi connectivity index (χ1) is 2.89. The summed E-state index contributed by atoms with van der Waals surface area (Å²) in [4.78, 5) is 0. The summed E-state index contributed by atoms with van der Waals surface area (Å²) in [6.07, 6.45) is 3.85. The highest BCUT2D eigenvalue weighted by molar-refractivity contribution is 8.85. The van der Waals surface area contributed by atoms with E-state index in [2.05, 4.69) is 17.0 Å². The van der Waals surface area contributed by atoms with Gasteiger partial charge in [-0.25, -0.2) is 9.93 Å². The molecule has 1 aliphatic rings. The molecule has 1 heterocycles. The van der Waals surface area contributed by atoms with Gasteiger partial charge in [-0.2, -0.15) is 0 Å². The van der Waals surface area contributed by atoms with Crippen molar-refractivity contribution in [3.8, 4) is 0 Å². The van der Waals surface area contributed by atoms with Gasteiger partial charge in [0.05, 0.1) is 0 Å². The lowest BCUT2D eigenvalue weighted by molar-refractivity contribution is 1.14. The quantitative estimate of drug-likeness (QED) is 0.377. The Kier molecular flexibility index (Phi) is 1.72. The Morgan fingerprint density at radius 1 is 1.67 bits per heavy atom. The Hall–Kier alpha value is 0.700.